The van der Waals surface area contributed by atoms with E-state index in [1.807, 2.05) is 0 Å². The summed E-state index contributed by atoms with van der Waals surface area (Å²) < 4.78 is 5.25. The lowest BCUT2D eigenvalue weighted by Gasteiger charge is -2.50. The maximum atomic E-state index is 14.1. The fraction of sp³-hybridized carbons (Fsp3) is 0.344. The Morgan fingerprint density at radius 2 is 1.79 bits per heavy atom. The van der Waals surface area contributed by atoms with E-state index >= 15 is 0 Å². The van der Waals surface area contributed by atoms with Crippen LogP contribution in [0.3, 0.4) is 0 Å². The number of nitrogens with two attached hydrogens (primary N) is 1. The van der Waals surface area contributed by atoms with Crippen LogP contribution < -0.4 is 15.4 Å². The minimum Gasteiger partial charge on any atom is -0.508 e. The van der Waals surface area contributed by atoms with Crippen molar-refractivity contribution in [3.63, 3.8) is 0 Å². The molecule has 1 saturated carbocycles. The highest BCUT2D eigenvalue weighted by Crippen LogP contribution is 2.54. The molecule has 0 spiro atoms. The van der Waals surface area contributed by atoms with Crippen molar-refractivity contribution in [2.45, 2.75) is 24.5 Å². The number of aliphatic hydroxyl groups is 3. The number of fused-ring (bicyclic) bond motifs is 3. The maximum absolute atomic E-state index is 14.1. The third-order valence-electron chi connectivity index (χ3n) is 8.59. The molecule has 4 atom stereocenters. The first-order valence-corrected chi connectivity index (χ1v) is 13.6. The number of ketones is 2. The molecule has 3 aliphatic carbocycles. The van der Waals surface area contributed by atoms with Crippen LogP contribution in [0.2, 0.25) is 0 Å². The molecule has 0 bridgehead atoms. The molecule has 3 aliphatic rings. The molecule has 1 fully saturated rings. The van der Waals surface area contributed by atoms with E-state index in [9.17, 15) is 34.8 Å². The van der Waals surface area contributed by atoms with Gasteiger partial charge in [0.05, 0.1) is 24.3 Å². The summed E-state index contributed by atoms with van der Waals surface area (Å²) in [5.41, 5.74) is 3.61. The van der Waals surface area contributed by atoms with Crippen LogP contribution in [0.25, 0.3) is 5.76 Å². The van der Waals surface area contributed by atoms with E-state index in [2.05, 4.69) is 11.8 Å². The van der Waals surface area contributed by atoms with Crippen LogP contribution in [-0.4, -0.2) is 89.7 Å². The first kappa shape index (κ1) is 29.7. The highest BCUT2D eigenvalue weighted by atomic mass is 16.5. The molecule has 0 aliphatic heterocycles. The zero-order chi connectivity index (χ0) is 31.5. The Hall–Kier alpha value is -4.79. The standard InChI is InChI=1S/C32H33N3O8/c1-34(2)21-14-16(10-9-15-7-6-8-18(11-15)43-5)26(36)23-19(21)12-17-13-20-25(35(3)4)28(38)24(31(33)41)30(40)32(20,42)29(39)22(17)27(23)37/h6-8,11,14,17,20,25,36-37,40,42H,12-13H2,1-5H3,(H2,33,41)/t17-,20-,25-,32+/m1/s1. The van der Waals surface area contributed by atoms with Gasteiger partial charge in [-0.3, -0.25) is 19.3 Å². The van der Waals surface area contributed by atoms with Crippen molar-refractivity contribution in [1.82, 2.24) is 4.90 Å². The highest BCUT2D eigenvalue weighted by molar-refractivity contribution is 6.24. The summed E-state index contributed by atoms with van der Waals surface area (Å²) in [7, 11) is 8.25. The van der Waals surface area contributed by atoms with Gasteiger partial charge in [0.15, 0.2) is 11.4 Å². The molecule has 43 heavy (non-hydrogen) atoms. The van der Waals surface area contributed by atoms with Gasteiger partial charge in [0, 0.05) is 36.8 Å². The molecule has 0 unspecified atom stereocenters. The molecule has 5 rings (SSSR count). The number of ether oxygens (including phenoxy) is 1. The number of rotatable bonds is 4. The van der Waals surface area contributed by atoms with Gasteiger partial charge in [-0.2, -0.15) is 0 Å². The lowest BCUT2D eigenvalue weighted by molar-refractivity contribution is -0.153. The second kappa shape index (κ2) is 10.5. The molecule has 1 amide bonds. The molecule has 0 heterocycles. The molecular formula is C32H33N3O8. The highest BCUT2D eigenvalue weighted by Gasteiger charge is 2.64. The molecule has 2 aromatic rings. The van der Waals surface area contributed by atoms with Crippen LogP contribution in [-0.2, 0) is 20.8 Å². The molecule has 0 radical (unpaired) electrons. The summed E-state index contributed by atoms with van der Waals surface area (Å²) in [6.07, 6.45) is 0.190. The van der Waals surface area contributed by atoms with E-state index in [0.29, 0.717) is 22.6 Å². The number of hydrogen-bond donors (Lipinski definition) is 5. The number of benzene rings is 2. The fourth-order valence-electron chi connectivity index (χ4n) is 6.63. The van der Waals surface area contributed by atoms with Gasteiger partial charge in [0.2, 0.25) is 5.78 Å². The van der Waals surface area contributed by atoms with Crippen LogP contribution in [0.4, 0.5) is 5.69 Å². The number of primary amides is 1. The van der Waals surface area contributed by atoms with Crippen LogP contribution in [0.5, 0.6) is 11.5 Å². The summed E-state index contributed by atoms with van der Waals surface area (Å²) in [5.74, 6) is -0.480. The quantitative estimate of drug-likeness (QED) is 0.260. The predicted octanol–water partition coefficient (Wildman–Crippen LogP) is 1.44. The Bertz CT molecular complexity index is 1710. The monoisotopic (exact) mass is 587 g/mol. The number of Topliss-reactive ketones (excluding diaryl/α,β-unsaturated/α-hetero) is 2. The number of amides is 1. The van der Waals surface area contributed by atoms with Gasteiger partial charge in [0.25, 0.3) is 5.91 Å². The van der Waals surface area contributed by atoms with E-state index in [-0.39, 0.29) is 35.3 Å². The van der Waals surface area contributed by atoms with Crippen molar-refractivity contribution in [1.29, 1.82) is 0 Å². The molecular weight excluding hydrogens is 554 g/mol. The molecule has 11 heteroatoms. The topological polar surface area (TPSA) is 174 Å². The molecule has 2 aromatic carbocycles. The van der Waals surface area contributed by atoms with Crippen molar-refractivity contribution in [3.05, 3.63) is 69.5 Å². The maximum Gasteiger partial charge on any atom is 0.255 e. The number of methoxy groups -OCH3 is 1. The number of likely N-dealkylation sites (N-methyl/N-ethyl adjacent to an activating group) is 1. The molecule has 6 N–H and O–H groups in total. The number of carbonyl (C=O) groups is 3. The Balaban J connectivity index is 1.71. The van der Waals surface area contributed by atoms with Crippen molar-refractivity contribution >= 4 is 28.9 Å². The minimum absolute atomic E-state index is 0.0107. The van der Waals surface area contributed by atoms with Crippen molar-refractivity contribution < 1.29 is 39.5 Å². The summed E-state index contributed by atoms with van der Waals surface area (Å²) in [6.45, 7) is 0. The van der Waals surface area contributed by atoms with E-state index in [1.165, 1.54) is 12.0 Å². The largest absolute Gasteiger partial charge is 0.508 e. The fourth-order valence-corrected chi connectivity index (χ4v) is 6.63. The third-order valence-corrected chi connectivity index (χ3v) is 8.59. The van der Waals surface area contributed by atoms with Gasteiger partial charge in [-0.05, 0) is 62.7 Å². The smallest absolute Gasteiger partial charge is 0.255 e. The summed E-state index contributed by atoms with van der Waals surface area (Å²) in [4.78, 5) is 42.8. The average molecular weight is 588 g/mol. The zero-order valence-electron chi connectivity index (χ0n) is 24.4. The van der Waals surface area contributed by atoms with Gasteiger partial charge in [-0.1, -0.05) is 17.9 Å². The lowest BCUT2D eigenvalue weighted by Crippen LogP contribution is -2.65. The van der Waals surface area contributed by atoms with Crippen LogP contribution >= 0.6 is 0 Å². The van der Waals surface area contributed by atoms with Gasteiger partial charge >= 0.3 is 0 Å². The Morgan fingerprint density at radius 1 is 1.09 bits per heavy atom. The summed E-state index contributed by atoms with van der Waals surface area (Å²) in [6, 6.07) is 7.60. The molecule has 11 nitrogen and oxygen atoms in total. The number of phenolic OH excluding ortho intramolecular Hbond substituents is 1. The van der Waals surface area contributed by atoms with Gasteiger partial charge < -0.3 is 35.8 Å². The normalized spacial score (nSPS) is 24.6. The Labute approximate surface area is 248 Å². The first-order valence-electron chi connectivity index (χ1n) is 13.6. The van der Waals surface area contributed by atoms with E-state index in [4.69, 9.17) is 10.5 Å². The van der Waals surface area contributed by atoms with E-state index in [1.54, 1.807) is 63.4 Å². The SMILES string of the molecule is COc1cccc(C#Cc2cc(N(C)C)c3c(c2O)C(O)=C2C(=O)[C@]4(O)C(O)=C(C(N)=O)C(=O)[C@H](N(C)C)[C@H]4C[C@H]2C3)c1. The van der Waals surface area contributed by atoms with Gasteiger partial charge in [0.1, 0.15) is 28.6 Å². The lowest BCUT2D eigenvalue weighted by atomic mass is 9.57. The zero-order valence-corrected chi connectivity index (χ0v) is 24.4. The third kappa shape index (κ3) is 4.42. The number of anilines is 1. The van der Waals surface area contributed by atoms with E-state index < -0.39 is 58.0 Å². The number of hydrogen-bond acceptors (Lipinski definition) is 10. The number of aliphatic hydroxyl groups excluding tert-OH is 2. The van der Waals surface area contributed by atoms with Crippen LogP contribution in [0, 0.1) is 23.7 Å². The van der Waals surface area contributed by atoms with Crippen molar-refractivity contribution in [2.24, 2.45) is 17.6 Å². The molecule has 224 valence electrons. The average Bonchev–Trinajstić information content (AvgIpc) is 2.94. The second-order valence-corrected chi connectivity index (χ2v) is 11.5. The minimum atomic E-state index is -2.70. The number of carbonyl (C=O) groups excluding carboxylic acids is 3. The van der Waals surface area contributed by atoms with Gasteiger partial charge in [-0.15, -0.1) is 0 Å². The van der Waals surface area contributed by atoms with E-state index in [0.717, 1.165) is 0 Å². The van der Waals surface area contributed by atoms with Crippen LogP contribution in [0.15, 0.2) is 47.2 Å². The number of nitrogens with zero attached hydrogens (tertiary/aromatic N) is 2. The van der Waals surface area contributed by atoms with Crippen LogP contribution in [0.1, 0.15) is 28.7 Å². The number of aromatic hydroxyl groups is 1. The number of phenols is 1. The van der Waals surface area contributed by atoms with Crippen molar-refractivity contribution in [2.75, 3.05) is 40.2 Å². The molecule has 0 saturated heterocycles. The molecule has 0 aromatic heterocycles. The Morgan fingerprint density at radius 3 is 2.40 bits per heavy atom. The summed E-state index contributed by atoms with van der Waals surface area (Å²) in [5, 5.41) is 45.9. The predicted molar refractivity (Wildman–Crippen MR) is 158 cm³/mol. The Kier molecular flexibility index (Phi) is 7.24. The summed E-state index contributed by atoms with van der Waals surface area (Å²) >= 11 is 0. The second-order valence-electron chi connectivity index (χ2n) is 11.5. The van der Waals surface area contributed by atoms with Gasteiger partial charge in [-0.25, -0.2) is 0 Å². The van der Waals surface area contributed by atoms with Crippen molar-refractivity contribution in [3.8, 4) is 23.3 Å². The first-order chi connectivity index (χ1) is 20.2.